The molecule has 0 aliphatic rings. The number of hydrogen-bond donors (Lipinski definition) is 1. The van der Waals surface area contributed by atoms with E-state index in [1.54, 1.807) is 48.7 Å². The van der Waals surface area contributed by atoms with Gasteiger partial charge in [-0.05, 0) is 35.9 Å². The molecule has 1 heterocycles. The van der Waals surface area contributed by atoms with Crippen molar-refractivity contribution in [2.45, 2.75) is 0 Å². The Morgan fingerprint density at radius 2 is 1.65 bits per heavy atom. The van der Waals surface area contributed by atoms with Crippen LogP contribution in [0.5, 0.6) is 23.0 Å². The predicted molar refractivity (Wildman–Crippen MR) is 129 cm³/mol. The van der Waals surface area contributed by atoms with Crippen LogP contribution >= 0.6 is 0 Å². The summed E-state index contributed by atoms with van der Waals surface area (Å²) in [5.74, 6) is 0.829. The maximum absolute atomic E-state index is 14.7. The number of ether oxygens (including phenoxy) is 3. The molecule has 0 saturated carbocycles. The molecule has 0 aliphatic carbocycles. The number of anilines is 1. The zero-order valence-electron chi connectivity index (χ0n) is 18.4. The number of nitrogens with one attached hydrogen (secondary N) is 1. The summed E-state index contributed by atoms with van der Waals surface area (Å²) in [5, 5.41) is 1.62. The van der Waals surface area contributed by atoms with Crippen molar-refractivity contribution >= 4 is 32.7 Å². The number of methoxy groups -OCH3 is 2. The Bertz CT molecular complexity index is 1460. The summed E-state index contributed by atoms with van der Waals surface area (Å²) in [5.41, 5.74) is 1.11. The van der Waals surface area contributed by atoms with E-state index in [1.807, 2.05) is 6.07 Å². The summed E-state index contributed by atoms with van der Waals surface area (Å²) in [6.45, 7) is 0. The van der Waals surface area contributed by atoms with Gasteiger partial charge in [-0.25, -0.2) is 12.8 Å². The quantitative estimate of drug-likeness (QED) is 0.354. The van der Waals surface area contributed by atoms with E-state index in [4.69, 9.17) is 14.2 Å². The van der Waals surface area contributed by atoms with Gasteiger partial charge >= 0.3 is 0 Å². The molecule has 0 fully saturated rings. The van der Waals surface area contributed by atoms with Crippen LogP contribution in [0, 0.1) is 5.82 Å². The number of nitrogens with zero attached hydrogens (tertiary/aromatic N) is 1. The molecule has 174 valence electrons. The molecule has 1 N–H and O–H groups in total. The fourth-order valence-electron chi connectivity index (χ4n) is 3.23. The van der Waals surface area contributed by atoms with Gasteiger partial charge in [0.25, 0.3) is 10.0 Å². The van der Waals surface area contributed by atoms with Gasteiger partial charge < -0.3 is 14.2 Å². The van der Waals surface area contributed by atoms with Gasteiger partial charge in [0.05, 0.1) is 30.8 Å². The van der Waals surface area contributed by atoms with Gasteiger partial charge in [0, 0.05) is 23.7 Å². The first-order valence-corrected chi connectivity index (χ1v) is 11.7. The van der Waals surface area contributed by atoms with Crippen molar-refractivity contribution in [3.63, 3.8) is 0 Å². The van der Waals surface area contributed by atoms with E-state index >= 15 is 0 Å². The average Bonchev–Trinajstić information content (AvgIpc) is 2.84. The first-order chi connectivity index (χ1) is 16.4. The van der Waals surface area contributed by atoms with Gasteiger partial charge in [-0.2, -0.15) is 0 Å². The summed E-state index contributed by atoms with van der Waals surface area (Å²) in [6, 6.07) is 17.8. The molecule has 4 rings (SSSR count). The van der Waals surface area contributed by atoms with E-state index in [-0.39, 0.29) is 11.4 Å². The molecule has 0 spiro atoms. The number of aromatic nitrogens is 1. The SMILES string of the molecule is COc1cc2nccc(Oc3ccc(NS(=O)(=O)/C=C/c4ccccc4)c(F)c3)c2cc1OC. The zero-order valence-corrected chi connectivity index (χ0v) is 19.2. The number of fused-ring (bicyclic) bond motifs is 1. The Morgan fingerprint density at radius 3 is 2.35 bits per heavy atom. The molecule has 3 aromatic carbocycles. The summed E-state index contributed by atoms with van der Waals surface area (Å²) < 4.78 is 58.1. The predicted octanol–water partition coefficient (Wildman–Crippen LogP) is 5.60. The van der Waals surface area contributed by atoms with Gasteiger partial charge in [0.15, 0.2) is 17.3 Å². The first kappa shape index (κ1) is 23.1. The second kappa shape index (κ2) is 9.80. The molecule has 9 heteroatoms. The normalized spacial score (nSPS) is 11.5. The van der Waals surface area contributed by atoms with Crippen LogP contribution in [0.1, 0.15) is 5.56 Å². The summed E-state index contributed by atoms with van der Waals surface area (Å²) in [4.78, 5) is 4.31. The van der Waals surface area contributed by atoms with Crippen LogP contribution in [0.4, 0.5) is 10.1 Å². The van der Waals surface area contributed by atoms with Crippen LogP contribution < -0.4 is 18.9 Å². The van der Waals surface area contributed by atoms with E-state index in [0.717, 1.165) is 11.5 Å². The molecular formula is C25H21FN2O5S. The van der Waals surface area contributed by atoms with Crippen molar-refractivity contribution in [2.24, 2.45) is 0 Å². The van der Waals surface area contributed by atoms with E-state index in [9.17, 15) is 12.8 Å². The highest BCUT2D eigenvalue weighted by Gasteiger charge is 2.14. The summed E-state index contributed by atoms with van der Waals surface area (Å²) >= 11 is 0. The molecule has 0 saturated heterocycles. The largest absolute Gasteiger partial charge is 0.493 e. The molecule has 0 aliphatic heterocycles. The fourth-order valence-corrected chi connectivity index (χ4v) is 4.10. The van der Waals surface area contributed by atoms with Gasteiger partial charge in [-0.3, -0.25) is 9.71 Å². The second-order valence-electron chi connectivity index (χ2n) is 7.14. The third-order valence-electron chi connectivity index (χ3n) is 4.87. The second-order valence-corrected chi connectivity index (χ2v) is 8.70. The highest BCUT2D eigenvalue weighted by atomic mass is 32.2. The van der Waals surface area contributed by atoms with Crippen LogP contribution in [0.25, 0.3) is 17.0 Å². The molecule has 0 unspecified atom stereocenters. The Balaban J connectivity index is 1.56. The maximum Gasteiger partial charge on any atom is 0.255 e. The monoisotopic (exact) mass is 480 g/mol. The number of sulfonamides is 1. The summed E-state index contributed by atoms with van der Waals surface area (Å²) in [7, 11) is -0.869. The van der Waals surface area contributed by atoms with Crippen LogP contribution in [-0.4, -0.2) is 27.6 Å². The summed E-state index contributed by atoms with van der Waals surface area (Å²) in [6.07, 6.45) is 2.98. The number of hydrogen-bond acceptors (Lipinski definition) is 6. The molecule has 0 radical (unpaired) electrons. The molecule has 34 heavy (non-hydrogen) atoms. The van der Waals surface area contributed by atoms with E-state index in [1.165, 1.54) is 32.4 Å². The lowest BCUT2D eigenvalue weighted by Gasteiger charge is -2.13. The van der Waals surface area contributed by atoms with Crippen molar-refractivity contribution in [3.8, 4) is 23.0 Å². The highest BCUT2D eigenvalue weighted by Crippen LogP contribution is 2.37. The van der Waals surface area contributed by atoms with Crippen molar-refractivity contribution in [1.82, 2.24) is 4.98 Å². The minimum absolute atomic E-state index is 0.183. The van der Waals surface area contributed by atoms with Gasteiger partial charge in [0.2, 0.25) is 0 Å². The standard InChI is InChI=1S/C25H21FN2O5S/c1-31-24-15-19-22(16-25(24)32-2)27-12-10-23(19)33-18-8-9-21(20(26)14-18)28-34(29,30)13-11-17-6-4-3-5-7-17/h3-16,28H,1-2H3/b13-11+. The number of pyridine rings is 1. The lowest BCUT2D eigenvalue weighted by atomic mass is 10.2. The van der Waals surface area contributed by atoms with Crippen LogP contribution in [0.2, 0.25) is 0 Å². The molecule has 1 aromatic heterocycles. The number of halogens is 1. The lowest BCUT2D eigenvalue weighted by Crippen LogP contribution is -2.10. The molecule has 4 aromatic rings. The minimum Gasteiger partial charge on any atom is -0.493 e. The maximum atomic E-state index is 14.7. The van der Waals surface area contributed by atoms with Gasteiger partial charge in [0.1, 0.15) is 11.5 Å². The highest BCUT2D eigenvalue weighted by molar-refractivity contribution is 7.95. The molecule has 0 atom stereocenters. The van der Waals surface area contributed by atoms with Crippen LogP contribution in [-0.2, 0) is 10.0 Å². The van der Waals surface area contributed by atoms with Crippen LogP contribution in [0.3, 0.4) is 0 Å². The van der Waals surface area contributed by atoms with E-state index in [2.05, 4.69) is 9.71 Å². The minimum atomic E-state index is -3.92. The van der Waals surface area contributed by atoms with E-state index in [0.29, 0.717) is 33.7 Å². The van der Waals surface area contributed by atoms with Crippen LogP contribution in [0.15, 0.2) is 78.3 Å². The van der Waals surface area contributed by atoms with Crippen molar-refractivity contribution in [2.75, 3.05) is 18.9 Å². The molecule has 0 bridgehead atoms. The Morgan fingerprint density at radius 1 is 0.912 bits per heavy atom. The number of rotatable bonds is 8. The number of benzene rings is 3. The molecule has 7 nitrogen and oxygen atoms in total. The zero-order chi connectivity index (χ0) is 24.1. The third kappa shape index (κ3) is 5.26. The first-order valence-electron chi connectivity index (χ1n) is 10.1. The average molecular weight is 481 g/mol. The van der Waals surface area contributed by atoms with Gasteiger partial charge in [-0.1, -0.05) is 30.3 Å². The molecular weight excluding hydrogens is 459 g/mol. The van der Waals surface area contributed by atoms with Crippen molar-refractivity contribution in [1.29, 1.82) is 0 Å². The third-order valence-corrected chi connectivity index (χ3v) is 5.87. The molecule has 0 amide bonds. The lowest BCUT2D eigenvalue weighted by molar-refractivity contribution is 0.355. The Kier molecular flexibility index (Phi) is 6.65. The van der Waals surface area contributed by atoms with Crippen molar-refractivity contribution in [3.05, 3.63) is 89.7 Å². The smallest absolute Gasteiger partial charge is 0.255 e. The Labute approximate surface area is 196 Å². The van der Waals surface area contributed by atoms with Crippen molar-refractivity contribution < 1.29 is 27.0 Å². The topological polar surface area (TPSA) is 86.8 Å². The van der Waals surface area contributed by atoms with E-state index < -0.39 is 15.8 Å². The van der Waals surface area contributed by atoms with Gasteiger partial charge in [-0.15, -0.1) is 0 Å². The Hall–Kier alpha value is -4.11. The fraction of sp³-hybridized carbons (Fsp3) is 0.0800.